The molecule has 121 heavy (non-hydrogen) atoms. The van der Waals surface area contributed by atoms with Crippen LogP contribution < -0.4 is 16.0 Å². The molecule has 0 radical (unpaired) electrons. The fourth-order valence-corrected chi connectivity index (χ4v) is 14.4. The molecular weight excluding hydrogens is 1520 g/mol. The summed E-state index contributed by atoms with van der Waals surface area (Å²) in [6.07, 6.45) is 80.6. The van der Waals surface area contributed by atoms with Crippen LogP contribution in [0.25, 0.3) is 0 Å². The molecule has 0 aromatic heterocycles. The van der Waals surface area contributed by atoms with Crippen LogP contribution in [0, 0.1) is 0 Å². The van der Waals surface area contributed by atoms with E-state index in [1.807, 2.05) is 6.92 Å². The van der Waals surface area contributed by atoms with Crippen molar-refractivity contribution in [2.75, 3.05) is 92.1 Å². The Hall–Kier alpha value is -5.89. The van der Waals surface area contributed by atoms with Crippen molar-refractivity contribution in [3.8, 4) is 0 Å². The van der Waals surface area contributed by atoms with Gasteiger partial charge in [-0.3, -0.25) is 43.2 Å². The van der Waals surface area contributed by atoms with Crippen molar-refractivity contribution in [1.82, 2.24) is 25.8 Å². The predicted molar refractivity (Wildman–Crippen MR) is 497 cm³/mol. The maximum absolute atomic E-state index is 14.0. The monoisotopic (exact) mass is 1710 g/mol. The molecule has 0 saturated carbocycles. The Morgan fingerprint density at radius 2 is 0.529 bits per heavy atom. The predicted octanol–water partition coefficient (Wildman–Crippen LogP) is 23.9. The second kappa shape index (κ2) is 93.3. The average Bonchev–Trinajstić information content (AvgIpc) is 0.907. The van der Waals surface area contributed by atoms with Crippen LogP contribution in [0.3, 0.4) is 0 Å². The molecule has 0 aromatic carbocycles. The molecule has 0 aromatic rings. The van der Waals surface area contributed by atoms with Gasteiger partial charge in [0.15, 0.2) is 0 Å². The van der Waals surface area contributed by atoms with Crippen LogP contribution in [-0.2, 0) is 71.6 Å². The van der Waals surface area contributed by atoms with Gasteiger partial charge in [-0.05, 0) is 161 Å². The molecule has 0 heterocycles. The lowest BCUT2D eigenvalue weighted by Crippen LogP contribution is -2.47. The number of amides is 5. The summed E-state index contributed by atoms with van der Waals surface area (Å²) in [5.41, 5.74) is 0. The van der Waals surface area contributed by atoms with Crippen LogP contribution in [0.5, 0.6) is 0 Å². The third-order valence-corrected chi connectivity index (χ3v) is 22.1. The number of unbranched alkanes of at least 4 members (excludes halogenated alkanes) is 45. The van der Waals surface area contributed by atoms with Crippen LogP contribution in [0.2, 0.25) is 0 Å². The Balaban J connectivity index is 5.74. The van der Waals surface area contributed by atoms with Crippen molar-refractivity contribution < 1.29 is 71.6 Å². The minimum absolute atomic E-state index is 0.0264. The molecule has 0 aliphatic rings. The van der Waals surface area contributed by atoms with Gasteiger partial charge in [-0.15, -0.1) is 0 Å². The minimum atomic E-state index is -0.962. The number of allylic oxidation sites excluding steroid dienone is 8. The van der Waals surface area contributed by atoms with Gasteiger partial charge in [-0.2, -0.15) is 0 Å². The number of carbonyl (C=O) groups is 9. The minimum Gasteiger partial charge on any atom is -0.464 e. The van der Waals surface area contributed by atoms with Gasteiger partial charge in [0.2, 0.25) is 29.5 Å². The highest BCUT2D eigenvalue weighted by atomic mass is 16.5. The molecular formula is C101H183N5O15. The van der Waals surface area contributed by atoms with Crippen molar-refractivity contribution >= 4 is 53.4 Å². The smallest absolute Gasteiger partial charge is 0.305 e. The number of ether oxygens (including phenoxy) is 6. The van der Waals surface area contributed by atoms with Gasteiger partial charge in [0, 0.05) is 77.7 Å². The quantitative estimate of drug-likeness (QED) is 0.0222. The molecule has 0 spiro atoms. The molecule has 3 N–H and O–H groups in total. The van der Waals surface area contributed by atoms with E-state index in [2.05, 4.69) is 92.3 Å². The van der Waals surface area contributed by atoms with E-state index in [0.717, 1.165) is 167 Å². The molecule has 0 unspecified atom stereocenters. The van der Waals surface area contributed by atoms with Crippen LogP contribution in [0.4, 0.5) is 0 Å². The number of esters is 4. The van der Waals surface area contributed by atoms with Crippen molar-refractivity contribution in [3.05, 3.63) is 48.6 Å². The summed E-state index contributed by atoms with van der Waals surface area (Å²) in [6, 6.07) is -0.962. The third-order valence-electron chi connectivity index (χ3n) is 22.1. The summed E-state index contributed by atoms with van der Waals surface area (Å²) in [6.45, 7) is 13.4. The molecule has 0 saturated heterocycles. The topological polar surface area (TPSA) is 252 Å². The number of nitrogens with one attached hydrogen (secondary N) is 3. The van der Waals surface area contributed by atoms with Crippen LogP contribution in [0.15, 0.2) is 48.6 Å². The van der Waals surface area contributed by atoms with E-state index in [1.54, 1.807) is 0 Å². The van der Waals surface area contributed by atoms with Crippen molar-refractivity contribution in [2.24, 2.45) is 0 Å². The lowest BCUT2D eigenvalue weighted by atomic mass is 10.1. The first-order valence-electron chi connectivity index (χ1n) is 50.1. The van der Waals surface area contributed by atoms with Gasteiger partial charge < -0.3 is 54.2 Å². The number of hydrogen-bond acceptors (Lipinski definition) is 15. The van der Waals surface area contributed by atoms with E-state index in [1.165, 1.54) is 164 Å². The summed E-state index contributed by atoms with van der Waals surface area (Å²) >= 11 is 0. The zero-order valence-electron chi connectivity index (χ0n) is 78.4. The van der Waals surface area contributed by atoms with Gasteiger partial charge in [-0.1, -0.05) is 282 Å². The molecule has 0 fully saturated rings. The maximum Gasteiger partial charge on any atom is 0.305 e. The summed E-state index contributed by atoms with van der Waals surface area (Å²) in [5.74, 6) is -3.35. The molecule has 1 atom stereocenters. The van der Waals surface area contributed by atoms with E-state index in [4.69, 9.17) is 28.4 Å². The highest BCUT2D eigenvalue weighted by Gasteiger charge is 2.24. The summed E-state index contributed by atoms with van der Waals surface area (Å²) in [5, 5.41) is 8.65. The Labute approximate surface area is 739 Å². The van der Waals surface area contributed by atoms with E-state index >= 15 is 0 Å². The first kappa shape index (κ1) is 115. The van der Waals surface area contributed by atoms with Crippen LogP contribution >= 0.6 is 0 Å². The lowest BCUT2D eigenvalue weighted by molar-refractivity contribution is -0.148. The molecule has 0 aliphatic carbocycles. The van der Waals surface area contributed by atoms with Crippen LogP contribution in [-0.4, -0.2) is 161 Å². The lowest BCUT2D eigenvalue weighted by Gasteiger charge is -2.23. The van der Waals surface area contributed by atoms with Crippen LogP contribution in [0.1, 0.15) is 446 Å². The SMILES string of the molecule is CCCCCCCC/C=C\CCCCCCCC(=O)OCCN(CCOC(=O)CCCCCCC/C=C\CCCCCCCC)C(=O)CCC(=O)NCCCC[C@H](NC(=O)CCC(=O)N(CCOC(=O)CCCCCCC/C=C\CCCCCCCC)CCOC(=O)CCCCCCC/C=C\CCCCCCCC)C(=O)NCCCOCCOCC. The summed E-state index contributed by atoms with van der Waals surface area (Å²) in [7, 11) is 0. The maximum atomic E-state index is 14.0. The molecule has 0 rings (SSSR count). The van der Waals surface area contributed by atoms with Gasteiger partial charge in [-0.25, -0.2) is 0 Å². The zero-order chi connectivity index (χ0) is 88.1. The Bertz CT molecular complexity index is 2450. The molecule has 20 heteroatoms. The highest BCUT2D eigenvalue weighted by Crippen LogP contribution is 2.18. The number of hydrogen-bond donors (Lipinski definition) is 3. The van der Waals surface area contributed by atoms with Crippen molar-refractivity contribution in [2.45, 2.75) is 452 Å². The largest absolute Gasteiger partial charge is 0.464 e. The number of nitrogens with zero attached hydrogens (tertiary/aromatic N) is 2. The normalized spacial score (nSPS) is 11.8. The standard InChI is InChI=1S/C101H183N5O15/c1-6-11-15-19-23-27-31-35-39-43-47-51-55-59-63-71-97(111)118-86-81-105(82-87-119-98(112)72-64-60-56-52-48-44-40-36-32-28-24-20-16-12-7-2)95(109)77-75-93(107)102-79-68-67-70-92(101(115)103-80-69-85-117-91-90-116-10-5)104-94(108)76-78-96(110)106(83-88-120-99(113)73-65-61-57-53-49-45-41-37-33-29-25-21-17-13-8-3)84-89-121-100(114)74-66-62-58-54-50-46-42-38-34-30-26-22-18-14-9-4/h35-42,92H,6-34,43-91H2,1-5H3,(H,102,107)(H,103,115)(H,104,108)/b39-35-,40-36-,41-37-,42-38-/t92-/m0/s1. The summed E-state index contributed by atoms with van der Waals surface area (Å²) in [4.78, 5) is 123. The highest BCUT2D eigenvalue weighted by molar-refractivity contribution is 5.89. The fourth-order valence-electron chi connectivity index (χ4n) is 14.4. The van der Waals surface area contributed by atoms with Crippen molar-refractivity contribution in [3.63, 3.8) is 0 Å². The first-order chi connectivity index (χ1) is 59.3. The van der Waals surface area contributed by atoms with Gasteiger partial charge >= 0.3 is 23.9 Å². The first-order valence-corrected chi connectivity index (χ1v) is 50.1. The fraction of sp³-hybridized carbons (Fsp3) is 0.832. The van der Waals surface area contributed by atoms with Gasteiger partial charge in [0.1, 0.15) is 32.5 Å². The van der Waals surface area contributed by atoms with E-state index in [-0.39, 0.29) is 146 Å². The van der Waals surface area contributed by atoms with E-state index in [0.29, 0.717) is 71.4 Å². The average molecular weight is 1710 g/mol. The van der Waals surface area contributed by atoms with E-state index in [9.17, 15) is 43.2 Å². The van der Waals surface area contributed by atoms with Gasteiger partial charge in [0.05, 0.1) is 39.4 Å². The Kier molecular flexibility index (Phi) is 88.7. The molecule has 702 valence electrons. The third kappa shape index (κ3) is 84.7. The Morgan fingerprint density at radius 1 is 0.256 bits per heavy atom. The molecule has 20 nitrogen and oxygen atoms in total. The zero-order valence-corrected chi connectivity index (χ0v) is 78.4. The number of rotatable bonds is 93. The van der Waals surface area contributed by atoms with Crippen molar-refractivity contribution in [1.29, 1.82) is 0 Å². The summed E-state index contributed by atoms with van der Waals surface area (Å²) < 4.78 is 33.4. The van der Waals surface area contributed by atoms with E-state index < -0.39 is 23.8 Å². The van der Waals surface area contributed by atoms with Gasteiger partial charge in [0.25, 0.3) is 0 Å². The molecule has 5 amide bonds. The number of carbonyl (C=O) groups excluding carboxylic acids is 9. The second-order valence-corrected chi connectivity index (χ2v) is 33.4. The molecule has 0 aliphatic heterocycles. The second-order valence-electron chi connectivity index (χ2n) is 33.4. The molecule has 0 bridgehead atoms. The Morgan fingerprint density at radius 3 is 0.835 bits per heavy atom.